The van der Waals surface area contributed by atoms with Gasteiger partial charge in [0.05, 0.1) is 5.56 Å². The summed E-state index contributed by atoms with van der Waals surface area (Å²) in [5.74, 6) is 0.842. The molecule has 1 aromatic carbocycles. The molecule has 1 N–H and O–H groups in total. The van der Waals surface area contributed by atoms with Crippen LogP contribution in [0.15, 0.2) is 34.9 Å². The van der Waals surface area contributed by atoms with Crippen LogP contribution < -0.4 is 5.32 Å². The normalized spacial score (nSPS) is 15.8. The molecule has 120 valence electrons. The van der Waals surface area contributed by atoms with Crippen molar-refractivity contribution < 1.29 is 9.21 Å². The van der Waals surface area contributed by atoms with E-state index in [1.807, 2.05) is 36.2 Å². The van der Waals surface area contributed by atoms with E-state index >= 15 is 0 Å². The van der Waals surface area contributed by atoms with Crippen LogP contribution in [0, 0.1) is 5.92 Å². The lowest BCUT2D eigenvalue weighted by atomic mass is 9.93. The van der Waals surface area contributed by atoms with Gasteiger partial charge < -0.3 is 14.6 Å². The second kappa shape index (κ2) is 7.65. The van der Waals surface area contributed by atoms with Crippen LogP contribution in [0.1, 0.15) is 29.6 Å². The lowest BCUT2D eigenvalue weighted by molar-refractivity contribution is 0.0688. The summed E-state index contributed by atoms with van der Waals surface area (Å²) < 4.78 is 5.48. The highest BCUT2D eigenvalue weighted by Crippen LogP contribution is 2.25. The first kappa shape index (κ1) is 16.8. The van der Waals surface area contributed by atoms with E-state index in [0.717, 1.165) is 49.4 Å². The molecule has 1 amide bonds. The number of carbonyl (C=O) groups is 1. The number of amides is 1. The van der Waals surface area contributed by atoms with Crippen LogP contribution in [0.4, 0.5) is 0 Å². The number of nitrogens with one attached hydrogen (secondary N) is 1. The number of benzene rings is 1. The van der Waals surface area contributed by atoms with Gasteiger partial charge in [-0.15, -0.1) is 12.4 Å². The zero-order valence-electron chi connectivity index (χ0n) is 12.9. The Morgan fingerprint density at radius 1 is 1.32 bits per heavy atom. The van der Waals surface area contributed by atoms with Crippen LogP contribution in [-0.2, 0) is 0 Å². The first-order valence-electron chi connectivity index (χ1n) is 7.69. The topological polar surface area (TPSA) is 45.5 Å². The number of halogens is 1. The predicted octanol–water partition coefficient (Wildman–Crippen LogP) is 3.32. The van der Waals surface area contributed by atoms with E-state index in [1.165, 1.54) is 6.42 Å². The summed E-state index contributed by atoms with van der Waals surface area (Å²) in [6, 6.07) is 7.72. The quantitative estimate of drug-likeness (QED) is 0.939. The summed E-state index contributed by atoms with van der Waals surface area (Å²) in [6.07, 6.45) is 5.00. The van der Waals surface area contributed by atoms with E-state index in [0.29, 0.717) is 5.56 Å². The summed E-state index contributed by atoms with van der Waals surface area (Å²) in [5, 5.41) is 4.12. The molecule has 1 aromatic heterocycles. The first-order valence-corrected chi connectivity index (χ1v) is 7.69. The maximum absolute atomic E-state index is 12.6. The second-order valence-electron chi connectivity index (χ2n) is 5.77. The smallest absolute Gasteiger partial charge is 0.257 e. The van der Waals surface area contributed by atoms with Gasteiger partial charge in [-0.3, -0.25) is 4.79 Å². The summed E-state index contributed by atoms with van der Waals surface area (Å²) >= 11 is 0. The highest BCUT2D eigenvalue weighted by atomic mass is 35.5. The van der Waals surface area contributed by atoms with Crippen molar-refractivity contribution in [3.8, 4) is 0 Å². The lowest BCUT2D eigenvalue weighted by Gasteiger charge is -2.31. The molecule has 5 heteroatoms. The number of hydrogen-bond donors (Lipinski definition) is 1. The standard InChI is InChI=1S/C17H22N2O2.ClH/c1-18-9-6-13-7-10-19(11-8-13)17(20)15-12-21-16-5-3-2-4-14(15)16;/h2-5,12-13,18H,6-11H2,1H3;1H. The first-order chi connectivity index (χ1) is 10.3. The molecular formula is C17H23ClN2O2. The molecule has 0 atom stereocenters. The van der Waals surface area contributed by atoms with Gasteiger partial charge in [-0.05, 0) is 44.8 Å². The van der Waals surface area contributed by atoms with Crippen LogP contribution in [0.25, 0.3) is 11.0 Å². The van der Waals surface area contributed by atoms with Gasteiger partial charge in [0.15, 0.2) is 0 Å². The molecule has 4 nitrogen and oxygen atoms in total. The van der Waals surface area contributed by atoms with Crippen molar-refractivity contribution >= 4 is 29.3 Å². The Bertz CT molecular complexity index is 618. The molecule has 22 heavy (non-hydrogen) atoms. The summed E-state index contributed by atoms with van der Waals surface area (Å²) in [6.45, 7) is 2.77. The van der Waals surface area contributed by atoms with Crippen LogP contribution in [0.3, 0.4) is 0 Å². The van der Waals surface area contributed by atoms with Crippen molar-refractivity contribution in [1.29, 1.82) is 0 Å². The van der Waals surface area contributed by atoms with Gasteiger partial charge in [-0.2, -0.15) is 0 Å². The number of piperidine rings is 1. The minimum absolute atomic E-state index is 0. The highest BCUT2D eigenvalue weighted by Gasteiger charge is 2.25. The van der Waals surface area contributed by atoms with Crippen molar-refractivity contribution in [1.82, 2.24) is 10.2 Å². The largest absolute Gasteiger partial charge is 0.463 e. The highest BCUT2D eigenvalue weighted by molar-refractivity contribution is 6.05. The summed E-state index contributed by atoms with van der Waals surface area (Å²) in [5.41, 5.74) is 1.48. The number of para-hydroxylation sites is 1. The number of hydrogen-bond acceptors (Lipinski definition) is 3. The van der Waals surface area contributed by atoms with E-state index in [4.69, 9.17) is 4.42 Å². The van der Waals surface area contributed by atoms with E-state index in [-0.39, 0.29) is 18.3 Å². The summed E-state index contributed by atoms with van der Waals surface area (Å²) in [4.78, 5) is 14.6. The van der Waals surface area contributed by atoms with Crippen molar-refractivity contribution in [2.75, 3.05) is 26.7 Å². The number of carbonyl (C=O) groups excluding carboxylic acids is 1. The van der Waals surface area contributed by atoms with Gasteiger partial charge in [-0.1, -0.05) is 18.2 Å². The fourth-order valence-electron chi connectivity index (χ4n) is 3.09. The van der Waals surface area contributed by atoms with Gasteiger partial charge in [0.1, 0.15) is 11.8 Å². The Morgan fingerprint density at radius 3 is 2.77 bits per heavy atom. The molecule has 2 aromatic rings. The molecule has 1 aliphatic heterocycles. The van der Waals surface area contributed by atoms with Gasteiger partial charge in [-0.25, -0.2) is 0 Å². The monoisotopic (exact) mass is 322 g/mol. The average molecular weight is 323 g/mol. The van der Waals surface area contributed by atoms with Gasteiger partial charge in [0.25, 0.3) is 5.91 Å². The van der Waals surface area contributed by atoms with Crippen molar-refractivity contribution in [2.24, 2.45) is 5.92 Å². The SMILES string of the molecule is CNCCC1CCN(C(=O)c2coc3ccccc23)CC1.Cl. The number of likely N-dealkylation sites (tertiary alicyclic amines) is 1. The Hall–Kier alpha value is -1.52. The molecule has 1 aliphatic rings. The molecule has 2 heterocycles. The lowest BCUT2D eigenvalue weighted by Crippen LogP contribution is -2.38. The zero-order chi connectivity index (χ0) is 14.7. The predicted molar refractivity (Wildman–Crippen MR) is 90.6 cm³/mol. The molecule has 0 radical (unpaired) electrons. The number of fused-ring (bicyclic) bond motifs is 1. The van der Waals surface area contributed by atoms with Crippen LogP contribution in [0.5, 0.6) is 0 Å². The Balaban J connectivity index is 0.00000176. The molecule has 0 aliphatic carbocycles. The molecule has 0 unspecified atom stereocenters. The molecule has 0 bridgehead atoms. The maximum atomic E-state index is 12.6. The molecule has 3 rings (SSSR count). The third kappa shape index (κ3) is 3.45. The van der Waals surface area contributed by atoms with Crippen LogP contribution in [0.2, 0.25) is 0 Å². The van der Waals surface area contributed by atoms with E-state index in [1.54, 1.807) is 6.26 Å². The molecule has 0 spiro atoms. The molecule has 0 saturated carbocycles. The van der Waals surface area contributed by atoms with E-state index < -0.39 is 0 Å². The molecule has 1 saturated heterocycles. The van der Waals surface area contributed by atoms with E-state index in [9.17, 15) is 4.79 Å². The number of nitrogens with zero attached hydrogens (tertiary/aromatic N) is 1. The third-order valence-corrected chi connectivity index (χ3v) is 4.42. The average Bonchev–Trinajstić information content (AvgIpc) is 2.97. The zero-order valence-corrected chi connectivity index (χ0v) is 13.7. The number of furan rings is 1. The second-order valence-corrected chi connectivity index (χ2v) is 5.77. The third-order valence-electron chi connectivity index (χ3n) is 4.42. The molecule has 1 fully saturated rings. The van der Waals surface area contributed by atoms with Gasteiger partial charge in [0.2, 0.25) is 0 Å². The Labute approximate surface area is 137 Å². The maximum Gasteiger partial charge on any atom is 0.257 e. The van der Waals surface area contributed by atoms with Crippen LogP contribution >= 0.6 is 12.4 Å². The number of rotatable bonds is 4. The van der Waals surface area contributed by atoms with E-state index in [2.05, 4.69) is 5.32 Å². The molecular weight excluding hydrogens is 300 g/mol. The van der Waals surface area contributed by atoms with Crippen molar-refractivity contribution in [3.63, 3.8) is 0 Å². The minimum Gasteiger partial charge on any atom is -0.463 e. The Kier molecular flexibility index (Phi) is 5.86. The van der Waals surface area contributed by atoms with Crippen LogP contribution in [-0.4, -0.2) is 37.5 Å². The fraction of sp³-hybridized carbons (Fsp3) is 0.471. The van der Waals surface area contributed by atoms with Gasteiger partial charge in [0, 0.05) is 18.5 Å². The van der Waals surface area contributed by atoms with Gasteiger partial charge >= 0.3 is 0 Å². The minimum atomic E-state index is 0. The Morgan fingerprint density at radius 2 is 2.05 bits per heavy atom. The fourth-order valence-corrected chi connectivity index (χ4v) is 3.09. The summed E-state index contributed by atoms with van der Waals surface area (Å²) in [7, 11) is 1.99. The van der Waals surface area contributed by atoms with Crippen molar-refractivity contribution in [2.45, 2.75) is 19.3 Å². The van der Waals surface area contributed by atoms with Crippen molar-refractivity contribution in [3.05, 3.63) is 36.1 Å².